The molecule has 2 aliphatic rings. The predicted octanol–water partition coefficient (Wildman–Crippen LogP) is 2.86. The second-order valence-corrected chi connectivity index (χ2v) is 8.97. The van der Waals surface area contributed by atoms with Gasteiger partial charge in [-0.25, -0.2) is 4.79 Å². The zero-order chi connectivity index (χ0) is 24.3. The van der Waals surface area contributed by atoms with E-state index in [1.807, 2.05) is 36.4 Å². The van der Waals surface area contributed by atoms with Crippen LogP contribution in [-0.4, -0.2) is 73.6 Å². The SMILES string of the molecule is O=C(On1nnc2ccccc21)c1ccc(N2CCN(c3ccc(N4CCOCC4)cc3)CC2)cc1. The number of para-hydroxylation sites is 1. The lowest BCUT2D eigenvalue weighted by Crippen LogP contribution is -2.46. The molecule has 2 aliphatic heterocycles. The molecule has 0 amide bonds. The first-order valence-electron chi connectivity index (χ1n) is 12.3. The fourth-order valence-electron chi connectivity index (χ4n) is 4.77. The predicted molar refractivity (Wildman–Crippen MR) is 139 cm³/mol. The van der Waals surface area contributed by atoms with Gasteiger partial charge in [0.25, 0.3) is 0 Å². The lowest BCUT2D eigenvalue weighted by molar-refractivity contribution is 0.0409. The van der Waals surface area contributed by atoms with Crippen LogP contribution >= 0.6 is 0 Å². The zero-order valence-electron chi connectivity index (χ0n) is 20.0. The smallest absolute Gasteiger partial charge is 0.365 e. The summed E-state index contributed by atoms with van der Waals surface area (Å²) in [4.78, 5) is 26.4. The average Bonchev–Trinajstić information content (AvgIpc) is 3.36. The van der Waals surface area contributed by atoms with Gasteiger partial charge in [-0.05, 0) is 65.9 Å². The number of fused-ring (bicyclic) bond motifs is 1. The summed E-state index contributed by atoms with van der Waals surface area (Å²) in [7, 11) is 0. The van der Waals surface area contributed by atoms with Crippen molar-refractivity contribution in [3.05, 3.63) is 78.4 Å². The van der Waals surface area contributed by atoms with Crippen molar-refractivity contribution in [2.45, 2.75) is 0 Å². The summed E-state index contributed by atoms with van der Waals surface area (Å²) in [5.74, 6) is -0.470. The highest BCUT2D eigenvalue weighted by molar-refractivity contribution is 5.90. The van der Waals surface area contributed by atoms with Crippen molar-refractivity contribution in [2.75, 3.05) is 67.2 Å². The normalized spacial score (nSPS) is 16.4. The van der Waals surface area contributed by atoms with Gasteiger partial charge in [-0.1, -0.05) is 17.0 Å². The van der Waals surface area contributed by atoms with E-state index in [2.05, 4.69) is 49.3 Å². The fourth-order valence-corrected chi connectivity index (χ4v) is 4.77. The molecule has 3 heterocycles. The van der Waals surface area contributed by atoms with Crippen molar-refractivity contribution in [1.82, 2.24) is 15.2 Å². The Bertz CT molecular complexity index is 1320. The molecule has 36 heavy (non-hydrogen) atoms. The summed E-state index contributed by atoms with van der Waals surface area (Å²) in [6.45, 7) is 7.22. The van der Waals surface area contributed by atoms with Gasteiger partial charge in [0.2, 0.25) is 0 Å². The average molecular weight is 485 g/mol. The highest BCUT2D eigenvalue weighted by Crippen LogP contribution is 2.24. The molecule has 0 unspecified atom stereocenters. The van der Waals surface area contributed by atoms with Gasteiger partial charge in [0.1, 0.15) is 11.0 Å². The topological polar surface area (TPSA) is 76.0 Å². The molecular formula is C27H28N6O3. The number of aromatic nitrogens is 3. The maximum Gasteiger partial charge on any atom is 0.365 e. The monoisotopic (exact) mass is 484 g/mol. The molecule has 2 saturated heterocycles. The molecule has 0 radical (unpaired) electrons. The Morgan fingerprint density at radius 1 is 0.694 bits per heavy atom. The van der Waals surface area contributed by atoms with Crippen molar-refractivity contribution in [3.63, 3.8) is 0 Å². The molecule has 184 valence electrons. The third-order valence-electron chi connectivity index (χ3n) is 6.83. The quantitative estimate of drug-likeness (QED) is 0.401. The Balaban J connectivity index is 1.05. The number of carbonyl (C=O) groups is 1. The summed E-state index contributed by atoms with van der Waals surface area (Å²) in [5, 5.41) is 7.93. The van der Waals surface area contributed by atoms with E-state index in [9.17, 15) is 4.79 Å². The van der Waals surface area contributed by atoms with E-state index in [4.69, 9.17) is 9.57 Å². The fraction of sp³-hybridized carbons (Fsp3) is 0.296. The van der Waals surface area contributed by atoms with Crippen molar-refractivity contribution in [3.8, 4) is 0 Å². The summed E-state index contributed by atoms with van der Waals surface area (Å²) >= 11 is 0. The van der Waals surface area contributed by atoms with Crippen LogP contribution in [0.5, 0.6) is 0 Å². The summed E-state index contributed by atoms with van der Waals surface area (Å²) in [6, 6.07) is 23.8. The van der Waals surface area contributed by atoms with E-state index in [-0.39, 0.29) is 0 Å². The lowest BCUT2D eigenvalue weighted by atomic mass is 10.1. The molecule has 4 aromatic rings. The molecule has 3 aromatic carbocycles. The van der Waals surface area contributed by atoms with Crippen LogP contribution < -0.4 is 19.5 Å². The lowest BCUT2D eigenvalue weighted by Gasteiger charge is -2.37. The number of hydrogen-bond donors (Lipinski definition) is 0. The second kappa shape index (κ2) is 9.87. The van der Waals surface area contributed by atoms with Gasteiger partial charge in [0.05, 0.1) is 18.8 Å². The van der Waals surface area contributed by atoms with Crippen LogP contribution in [0.15, 0.2) is 72.8 Å². The number of hydrogen-bond acceptors (Lipinski definition) is 8. The Hall–Kier alpha value is -4.11. The maximum absolute atomic E-state index is 12.6. The van der Waals surface area contributed by atoms with Gasteiger partial charge in [-0.2, -0.15) is 0 Å². The number of piperazine rings is 1. The molecule has 0 atom stereocenters. The molecule has 6 rings (SSSR count). The van der Waals surface area contributed by atoms with Gasteiger partial charge in [0, 0.05) is 56.3 Å². The van der Waals surface area contributed by atoms with Gasteiger partial charge >= 0.3 is 5.97 Å². The second-order valence-electron chi connectivity index (χ2n) is 8.97. The minimum absolute atomic E-state index is 0.470. The minimum atomic E-state index is -0.470. The first-order chi connectivity index (χ1) is 17.7. The zero-order valence-corrected chi connectivity index (χ0v) is 20.0. The van der Waals surface area contributed by atoms with E-state index in [0.717, 1.165) is 63.0 Å². The summed E-state index contributed by atoms with van der Waals surface area (Å²) in [6.07, 6.45) is 0. The summed E-state index contributed by atoms with van der Waals surface area (Å²) in [5.41, 5.74) is 5.41. The van der Waals surface area contributed by atoms with Crippen LogP contribution in [0.1, 0.15) is 10.4 Å². The Kier molecular flexibility index (Phi) is 6.13. The van der Waals surface area contributed by atoms with Crippen LogP contribution in [0.3, 0.4) is 0 Å². The van der Waals surface area contributed by atoms with Crippen molar-refractivity contribution in [2.24, 2.45) is 0 Å². The molecule has 0 spiro atoms. The van der Waals surface area contributed by atoms with Gasteiger partial charge in [-0.3, -0.25) is 0 Å². The highest BCUT2D eigenvalue weighted by Gasteiger charge is 2.19. The number of rotatable bonds is 5. The first-order valence-corrected chi connectivity index (χ1v) is 12.3. The van der Waals surface area contributed by atoms with Crippen molar-refractivity contribution in [1.29, 1.82) is 0 Å². The van der Waals surface area contributed by atoms with Gasteiger partial charge in [0.15, 0.2) is 0 Å². The molecular weight excluding hydrogens is 456 g/mol. The van der Waals surface area contributed by atoms with E-state index in [1.165, 1.54) is 11.4 Å². The maximum atomic E-state index is 12.6. The first kappa shape index (κ1) is 22.4. The molecule has 9 nitrogen and oxygen atoms in total. The van der Waals surface area contributed by atoms with Crippen LogP contribution in [0, 0.1) is 0 Å². The molecule has 2 fully saturated rings. The third kappa shape index (κ3) is 4.57. The molecule has 9 heteroatoms. The Morgan fingerprint density at radius 2 is 1.22 bits per heavy atom. The highest BCUT2D eigenvalue weighted by atomic mass is 16.7. The number of carbonyl (C=O) groups excluding carboxylic acids is 1. The largest absolute Gasteiger partial charge is 0.378 e. The number of morpholine rings is 1. The number of nitrogens with zero attached hydrogens (tertiary/aromatic N) is 6. The van der Waals surface area contributed by atoms with Crippen LogP contribution in [-0.2, 0) is 4.74 Å². The number of benzene rings is 3. The van der Waals surface area contributed by atoms with Crippen molar-refractivity contribution < 1.29 is 14.4 Å². The van der Waals surface area contributed by atoms with E-state index in [1.54, 1.807) is 12.1 Å². The molecule has 0 bridgehead atoms. The molecule has 1 aromatic heterocycles. The number of anilines is 3. The van der Waals surface area contributed by atoms with E-state index < -0.39 is 5.97 Å². The molecule has 0 N–H and O–H groups in total. The van der Waals surface area contributed by atoms with Crippen LogP contribution in [0.25, 0.3) is 11.0 Å². The van der Waals surface area contributed by atoms with Gasteiger partial charge < -0.3 is 24.3 Å². The standard InChI is InChI=1S/C27H28N6O3/c34-27(36-33-26-4-2-1-3-25(26)28-29-33)21-5-7-22(8-6-21)30-13-15-31(16-14-30)23-9-11-24(12-10-23)32-17-19-35-20-18-32/h1-12H,13-20H2. The van der Waals surface area contributed by atoms with Crippen molar-refractivity contribution >= 4 is 34.1 Å². The molecule has 0 saturated carbocycles. The summed E-state index contributed by atoms with van der Waals surface area (Å²) < 4.78 is 5.46. The van der Waals surface area contributed by atoms with E-state index in [0.29, 0.717) is 16.6 Å². The minimum Gasteiger partial charge on any atom is -0.378 e. The van der Waals surface area contributed by atoms with Crippen LogP contribution in [0.4, 0.5) is 17.1 Å². The third-order valence-corrected chi connectivity index (χ3v) is 6.83. The van der Waals surface area contributed by atoms with E-state index >= 15 is 0 Å². The number of ether oxygens (including phenoxy) is 1. The Morgan fingerprint density at radius 3 is 1.83 bits per heavy atom. The Labute approximate surface area is 209 Å². The van der Waals surface area contributed by atoms with Gasteiger partial charge in [-0.15, -0.1) is 5.10 Å². The molecule has 0 aliphatic carbocycles. The van der Waals surface area contributed by atoms with Crippen LogP contribution in [0.2, 0.25) is 0 Å².